The van der Waals surface area contributed by atoms with Crippen LogP contribution in [0.3, 0.4) is 0 Å². The summed E-state index contributed by atoms with van der Waals surface area (Å²) >= 11 is 6.12. The van der Waals surface area contributed by atoms with Crippen LogP contribution in [0.1, 0.15) is 40.7 Å². The van der Waals surface area contributed by atoms with Crippen LogP contribution in [-0.4, -0.2) is 31.8 Å². The molecular weight excluding hydrogens is 386 g/mol. The highest BCUT2D eigenvalue weighted by molar-refractivity contribution is 7.89. The van der Waals surface area contributed by atoms with E-state index in [-0.39, 0.29) is 22.1 Å². The number of benzene rings is 2. The maximum absolute atomic E-state index is 12.8. The number of hydrogen-bond acceptors (Lipinski definition) is 4. The van der Waals surface area contributed by atoms with Crippen molar-refractivity contribution in [1.82, 2.24) is 4.31 Å². The van der Waals surface area contributed by atoms with Crippen LogP contribution in [-0.2, 0) is 21.4 Å². The Kier molecular flexibility index (Phi) is 6.19. The lowest BCUT2D eigenvalue weighted by molar-refractivity contribution is 0.0472. The molecule has 0 N–H and O–H groups in total. The molecule has 1 fully saturated rings. The number of carbonyl (C=O) groups is 1. The first kappa shape index (κ1) is 19.9. The second-order valence-corrected chi connectivity index (χ2v) is 9.02. The summed E-state index contributed by atoms with van der Waals surface area (Å²) in [6.45, 7) is 3.05. The van der Waals surface area contributed by atoms with E-state index in [9.17, 15) is 13.2 Å². The Hall–Kier alpha value is -1.89. The first-order valence-electron chi connectivity index (χ1n) is 8.90. The molecule has 0 radical (unpaired) electrons. The third-order valence-electron chi connectivity index (χ3n) is 4.56. The summed E-state index contributed by atoms with van der Waals surface area (Å²) in [7, 11) is -3.64. The van der Waals surface area contributed by atoms with E-state index < -0.39 is 16.0 Å². The highest BCUT2D eigenvalue weighted by atomic mass is 35.5. The van der Waals surface area contributed by atoms with Crippen molar-refractivity contribution in [2.45, 2.75) is 37.7 Å². The molecule has 2 aromatic carbocycles. The number of aryl methyl sites for hydroxylation is 1. The molecule has 0 saturated carbocycles. The average molecular weight is 408 g/mol. The number of nitrogens with zero attached hydrogens (tertiary/aromatic N) is 1. The van der Waals surface area contributed by atoms with Crippen LogP contribution in [0.4, 0.5) is 0 Å². The standard InChI is InChI=1S/C20H22ClNO4S/c1-15-6-5-7-16(12-15)14-26-20(23)18-13-17(8-9-19(18)21)27(24,25)22-10-3-2-4-11-22/h5-9,12-13H,2-4,10-11,14H2,1H3. The minimum Gasteiger partial charge on any atom is -0.457 e. The molecule has 0 aliphatic carbocycles. The third-order valence-corrected chi connectivity index (χ3v) is 6.79. The predicted octanol–water partition coefficient (Wildman–Crippen LogP) is 4.18. The average Bonchev–Trinajstić information content (AvgIpc) is 2.67. The van der Waals surface area contributed by atoms with Crippen molar-refractivity contribution in [3.63, 3.8) is 0 Å². The van der Waals surface area contributed by atoms with E-state index in [4.69, 9.17) is 16.3 Å². The summed E-state index contributed by atoms with van der Waals surface area (Å²) in [6.07, 6.45) is 2.72. The molecular formula is C20H22ClNO4S. The SMILES string of the molecule is Cc1cccc(COC(=O)c2cc(S(=O)(=O)N3CCCCC3)ccc2Cl)c1. The molecule has 7 heteroatoms. The Labute approximate surface area is 165 Å². The molecule has 5 nitrogen and oxygen atoms in total. The normalized spacial score (nSPS) is 15.5. The molecule has 0 unspecified atom stereocenters. The van der Waals surface area contributed by atoms with Gasteiger partial charge in [0.05, 0.1) is 15.5 Å². The van der Waals surface area contributed by atoms with Gasteiger partial charge in [-0.05, 0) is 43.5 Å². The smallest absolute Gasteiger partial charge is 0.340 e. The number of rotatable bonds is 5. The fraction of sp³-hybridized carbons (Fsp3) is 0.350. The van der Waals surface area contributed by atoms with Crippen LogP contribution in [0.2, 0.25) is 5.02 Å². The van der Waals surface area contributed by atoms with Crippen LogP contribution < -0.4 is 0 Å². The van der Waals surface area contributed by atoms with Crippen molar-refractivity contribution in [3.05, 3.63) is 64.2 Å². The van der Waals surface area contributed by atoms with Crippen LogP contribution in [0.5, 0.6) is 0 Å². The monoisotopic (exact) mass is 407 g/mol. The minimum atomic E-state index is -3.64. The van der Waals surface area contributed by atoms with Gasteiger partial charge in [-0.25, -0.2) is 13.2 Å². The summed E-state index contributed by atoms with van der Waals surface area (Å²) in [5.41, 5.74) is 1.98. The van der Waals surface area contributed by atoms with E-state index >= 15 is 0 Å². The largest absolute Gasteiger partial charge is 0.457 e. The highest BCUT2D eigenvalue weighted by Gasteiger charge is 2.27. The van der Waals surface area contributed by atoms with Gasteiger partial charge in [-0.15, -0.1) is 0 Å². The second kappa shape index (κ2) is 8.42. The van der Waals surface area contributed by atoms with Crippen LogP contribution >= 0.6 is 11.6 Å². The third kappa shape index (κ3) is 4.69. The summed E-state index contributed by atoms with van der Waals surface area (Å²) in [5.74, 6) is -0.641. The van der Waals surface area contributed by atoms with E-state index in [0.29, 0.717) is 13.1 Å². The molecule has 1 aliphatic rings. The number of hydrogen-bond donors (Lipinski definition) is 0. The fourth-order valence-electron chi connectivity index (χ4n) is 3.10. The first-order valence-corrected chi connectivity index (χ1v) is 10.7. The molecule has 3 rings (SSSR count). The summed E-state index contributed by atoms with van der Waals surface area (Å²) in [4.78, 5) is 12.5. The van der Waals surface area contributed by atoms with Gasteiger partial charge in [0.25, 0.3) is 0 Å². The number of piperidine rings is 1. The molecule has 0 spiro atoms. The zero-order valence-corrected chi connectivity index (χ0v) is 16.7. The molecule has 2 aromatic rings. The first-order chi connectivity index (χ1) is 12.9. The number of halogens is 1. The Morgan fingerprint density at radius 3 is 2.56 bits per heavy atom. The maximum Gasteiger partial charge on any atom is 0.340 e. The van der Waals surface area contributed by atoms with Crippen molar-refractivity contribution < 1.29 is 17.9 Å². The van der Waals surface area contributed by atoms with Gasteiger partial charge < -0.3 is 4.74 Å². The number of carbonyl (C=O) groups excluding carboxylic acids is 1. The Morgan fingerprint density at radius 1 is 1.11 bits per heavy atom. The van der Waals surface area contributed by atoms with Crippen LogP contribution in [0.25, 0.3) is 0 Å². The quantitative estimate of drug-likeness (QED) is 0.697. The second-order valence-electron chi connectivity index (χ2n) is 6.67. The molecule has 0 aromatic heterocycles. The Morgan fingerprint density at radius 2 is 1.85 bits per heavy atom. The van der Waals surface area contributed by atoms with E-state index in [1.807, 2.05) is 31.2 Å². The lowest BCUT2D eigenvalue weighted by Crippen LogP contribution is -2.35. The molecule has 144 valence electrons. The van der Waals surface area contributed by atoms with Crippen molar-refractivity contribution >= 4 is 27.6 Å². The van der Waals surface area contributed by atoms with E-state index in [1.54, 1.807) is 0 Å². The molecule has 27 heavy (non-hydrogen) atoms. The highest BCUT2D eigenvalue weighted by Crippen LogP contribution is 2.26. The molecule has 1 saturated heterocycles. The molecule has 1 heterocycles. The lowest BCUT2D eigenvalue weighted by atomic mass is 10.1. The van der Waals surface area contributed by atoms with E-state index in [1.165, 1.54) is 22.5 Å². The molecule has 0 bridgehead atoms. The summed E-state index contributed by atoms with van der Waals surface area (Å²) in [6, 6.07) is 11.8. The van der Waals surface area contributed by atoms with Crippen LogP contribution in [0, 0.1) is 6.92 Å². The fourth-order valence-corrected chi connectivity index (χ4v) is 4.84. The van der Waals surface area contributed by atoms with Gasteiger partial charge in [0.1, 0.15) is 6.61 Å². The van der Waals surface area contributed by atoms with E-state index in [0.717, 1.165) is 30.4 Å². The van der Waals surface area contributed by atoms with Crippen molar-refractivity contribution in [2.24, 2.45) is 0 Å². The Balaban J connectivity index is 1.79. The Bertz CT molecular complexity index is 937. The zero-order valence-electron chi connectivity index (χ0n) is 15.2. The predicted molar refractivity (Wildman–Crippen MR) is 104 cm³/mol. The van der Waals surface area contributed by atoms with Crippen molar-refractivity contribution in [2.75, 3.05) is 13.1 Å². The van der Waals surface area contributed by atoms with Gasteiger partial charge in [-0.1, -0.05) is 47.9 Å². The van der Waals surface area contributed by atoms with Gasteiger partial charge in [0.2, 0.25) is 10.0 Å². The molecule has 1 aliphatic heterocycles. The number of esters is 1. The summed E-state index contributed by atoms with van der Waals surface area (Å²) in [5, 5.41) is 0.168. The molecule has 0 atom stereocenters. The maximum atomic E-state index is 12.8. The van der Waals surface area contributed by atoms with E-state index in [2.05, 4.69) is 0 Å². The van der Waals surface area contributed by atoms with Gasteiger partial charge in [-0.3, -0.25) is 0 Å². The van der Waals surface area contributed by atoms with Gasteiger partial charge in [-0.2, -0.15) is 4.31 Å². The van der Waals surface area contributed by atoms with Crippen molar-refractivity contribution in [3.8, 4) is 0 Å². The van der Waals surface area contributed by atoms with Crippen LogP contribution in [0.15, 0.2) is 47.4 Å². The van der Waals surface area contributed by atoms with Gasteiger partial charge in [0, 0.05) is 13.1 Å². The summed E-state index contributed by atoms with van der Waals surface area (Å²) < 4.78 is 32.4. The van der Waals surface area contributed by atoms with Crippen molar-refractivity contribution in [1.29, 1.82) is 0 Å². The minimum absolute atomic E-state index is 0.0578. The van der Waals surface area contributed by atoms with Gasteiger partial charge in [0.15, 0.2) is 0 Å². The molecule has 0 amide bonds. The lowest BCUT2D eigenvalue weighted by Gasteiger charge is -2.26. The number of sulfonamides is 1. The van der Waals surface area contributed by atoms with Gasteiger partial charge >= 0.3 is 5.97 Å². The zero-order chi connectivity index (χ0) is 19.4. The number of ether oxygens (including phenoxy) is 1. The topological polar surface area (TPSA) is 63.7 Å².